The number of nitrogens with zero attached hydrogens (tertiary/aromatic N) is 3. The Labute approximate surface area is 169 Å². The Morgan fingerprint density at radius 3 is 2.54 bits per heavy atom. The van der Waals surface area contributed by atoms with Crippen LogP contribution in [0, 0.1) is 0 Å². The normalized spacial score (nSPS) is 11.5. The molecule has 0 N–H and O–H groups in total. The minimum atomic E-state index is -3.71. The number of aromatic nitrogens is 1. The molecule has 152 valence electrons. The Morgan fingerprint density at radius 1 is 1.25 bits per heavy atom. The van der Waals surface area contributed by atoms with Gasteiger partial charge in [-0.3, -0.25) is 9.59 Å². The van der Waals surface area contributed by atoms with Gasteiger partial charge < -0.3 is 9.47 Å². The van der Waals surface area contributed by atoms with E-state index in [-0.39, 0.29) is 17.3 Å². The summed E-state index contributed by atoms with van der Waals surface area (Å²) < 4.78 is 27.8. The largest absolute Gasteiger partial charge is 0.332 e. The monoisotopic (exact) mass is 423 g/mol. The first-order valence-electron chi connectivity index (χ1n) is 8.95. The van der Waals surface area contributed by atoms with Gasteiger partial charge in [0.05, 0.1) is 11.4 Å². The van der Waals surface area contributed by atoms with Crippen LogP contribution in [0.4, 0.5) is 0 Å². The van der Waals surface area contributed by atoms with Gasteiger partial charge in [-0.05, 0) is 17.5 Å². The van der Waals surface area contributed by atoms with Crippen molar-refractivity contribution in [3.8, 4) is 0 Å². The molecule has 28 heavy (non-hydrogen) atoms. The molecule has 0 radical (unpaired) electrons. The second kappa shape index (κ2) is 9.81. The number of pyridine rings is 1. The van der Waals surface area contributed by atoms with E-state index in [9.17, 15) is 18.0 Å². The van der Waals surface area contributed by atoms with Crippen LogP contribution in [-0.4, -0.2) is 47.7 Å². The van der Waals surface area contributed by atoms with Gasteiger partial charge >= 0.3 is 0 Å². The van der Waals surface area contributed by atoms with E-state index in [1.807, 2.05) is 17.5 Å². The average Bonchev–Trinajstić information content (AvgIpc) is 3.17. The summed E-state index contributed by atoms with van der Waals surface area (Å²) in [5, 5.41) is 1.93. The van der Waals surface area contributed by atoms with Crippen LogP contribution in [-0.2, 0) is 27.9 Å². The van der Waals surface area contributed by atoms with Gasteiger partial charge in [0, 0.05) is 36.8 Å². The van der Waals surface area contributed by atoms with Gasteiger partial charge in [0.25, 0.3) is 5.56 Å². The first-order chi connectivity index (χ1) is 13.3. The molecule has 1 amide bonds. The van der Waals surface area contributed by atoms with Gasteiger partial charge in [0.1, 0.15) is 6.54 Å². The van der Waals surface area contributed by atoms with Gasteiger partial charge in [0.2, 0.25) is 15.9 Å². The maximum absolute atomic E-state index is 12.8. The molecule has 0 saturated carbocycles. The number of hydrogen-bond donors (Lipinski definition) is 0. The molecule has 0 fully saturated rings. The molecule has 2 aromatic rings. The fourth-order valence-electron chi connectivity index (χ4n) is 2.74. The number of amides is 1. The third-order valence-corrected chi connectivity index (χ3v) is 7.13. The van der Waals surface area contributed by atoms with Crippen molar-refractivity contribution in [2.75, 3.05) is 19.6 Å². The van der Waals surface area contributed by atoms with Crippen molar-refractivity contribution < 1.29 is 13.2 Å². The molecule has 2 aromatic heterocycles. The summed E-state index contributed by atoms with van der Waals surface area (Å²) in [6.07, 6.45) is 2.86. The number of carbonyl (C=O) groups is 1. The highest BCUT2D eigenvalue weighted by molar-refractivity contribution is 7.89. The summed E-state index contributed by atoms with van der Waals surface area (Å²) in [7, 11) is -3.71. The topological polar surface area (TPSA) is 79.7 Å². The van der Waals surface area contributed by atoms with E-state index in [4.69, 9.17) is 0 Å². The quantitative estimate of drug-likeness (QED) is 0.549. The van der Waals surface area contributed by atoms with Crippen molar-refractivity contribution in [2.45, 2.75) is 31.8 Å². The molecular formula is C19H25N3O4S2. The predicted octanol–water partition coefficient (Wildman–Crippen LogP) is 2.16. The van der Waals surface area contributed by atoms with Crippen LogP contribution >= 0.6 is 11.3 Å². The highest BCUT2D eigenvalue weighted by Gasteiger charge is 2.23. The van der Waals surface area contributed by atoms with Crippen LogP contribution in [0.1, 0.15) is 18.7 Å². The average molecular weight is 424 g/mol. The molecule has 0 aliphatic carbocycles. The third kappa shape index (κ3) is 5.18. The van der Waals surface area contributed by atoms with Crippen molar-refractivity contribution in [3.63, 3.8) is 0 Å². The summed E-state index contributed by atoms with van der Waals surface area (Å²) in [4.78, 5) is 27.5. The predicted molar refractivity (Wildman–Crippen MR) is 111 cm³/mol. The second-order valence-corrected chi connectivity index (χ2v) is 9.03. The molecule has 0 aliphatic heterocycles. The van der Waals surface area contributed by atoms with E-state index in [2.05, 4.69) is 6.58 Å². The summed E-state index contributed by atoms with van der Waals surface area (Å²) in [6.45, 7) is 8.33. The smallest absolute Gasteiger partial charge is 0.251 e. The highest BCUT2D eigenvalue weighted by atomic mass is 32.2. The zero-order valence-corrected chi connectivity index (χ0v) is 17.7. The molecule has 0 aromatic carbocycles. The maximum atomic E-state index is 12.8. The molecule has 7 nitrogen and oxygen atoms in total. The van der Waals surface area contributed by atoms with Crippen LogP contribution in [0.25, 0.3) is 0 Å². The SMILES string of the molecule is C=CCN(Cc1cccs1)C(=O)Cn1cc(S(=O)(=O)N(CC)CC)ccc1=O. The molecule has 9 heteroatoms. The van der Waals surface area contributed by atoms with E-state index in [0.717, 1.165) is 9.44 Å². The van der Waals surface area contributed by atoms with Crippen LogP contribution in [0.3, 0.4) is 0 Å². The van der Waals surface area contributed by atoms with E-state index < -0.39 is 15.6 Å². The lowest BCUT2D eigenvalue weighted by Crippen LogP contribution is -2.36. The molecule has 2 rings (SSSR count). The molecule has 0 aliphatic rings. The van der Waals surface area contributed by atoms with Gasteiger partial charge in [-0.1, -0.05) is 26.0 Å². The lowest BCUT2D eigenvalue weighted by molar-refractivity contribution is -0.131. The van der Waals surface area contributed by atoms with Crippen molar-refractivity contribution in [2.24, 2.45) is 0 Å². The van der Waals surface area contributed by atoms with Crippen LogP contribution in [0.2, 0.25) is 0 Å². The van der Waals surface area contributed by atoms with E-state index >= 15 is 0 Å². The Morgan fingerprint density at radius 2 is 1.96 bits per heavy atom. The molecule has 0 saturated heterocycles. The van der Waals surface area contributed by atoms with Crippen molar-refractivity contribution in [1.29, 1.82) is 0 Å². The number of rotatable bonds is 10. The van der Waals surface area contributed by atoms with Crippen LogP contribution in [0.5, 0.6) is 0 Å². The summed E-state index contributed by atoms with van der Waals surface area (Å²) in [5.41, 5.74) is -0.429. The van der Waals surface area contributed by atoms with Gasteiger partial charge in [0.15, 0.2) is 0 Å². The van der Waals surface area contributed by atoms with Gasteiger partial charge in [-0.15, -0.1) is 17.9 Å². The fraction of sp³-hybridized carbons (Fsp3) is 0.368. The number of carbonyl (C=O) groups excluding carboxylic acids is 1. The molecule has 0 atom stereocenters. The third-order valence-electron chi connectivity index (χ3n) is 4.23. The first kappa shape index (κ1) is 22.1. The van der Waals surface area contributed by atoms with E-state index in [0.29, 0.717) is 26.2 Å². The van der Waals surface area contributed by atoms with Gasteiger partial charge in [-0.2, -0.15) is 4.31 Å². The molecular weight excluding hydrogens is 398 g/mol. The number of sulfonamides is 1. The zero-order chi connectivity index (χ0) is 20.7. The van der Waals surface area contributed by atoms with Crippen molar-refractivity contribution in [1.82, 2.24) is 13.8 Å². The summed E-state index contributed by atoms with van der Waals surface area (Å²) >= 11 is 1.54. The molecule has 0 unspecified atom stereocenters. The van der Waals surface area contributed by atoms with E-state index in [1.54, 1.807) is 24.8 Å². The molecule has 0 spiro atoms. The standard InChI is InChI=1S/C19H25N3O4S2/c1-4-11-20(13-16-8-7-12-27-16)19(24)15-21-14-17(9-10-18(21)23)28(25,26)22(5-2)6-3/h4,7-10,12,14H,1,5-6,11,13,15H2,2-3H3. The lowest BCUT2D eigenvalue weighted by atomic mass is 10.3. The van der Waals surface area contributed by atoms with Crippen LogP contribution < -0.4 is 5.56 Å². The number of hydrogen-bond acceptors (Lipinski definition) is 5. The fourth-order valence-corrected chi connectivity index (χ4v) is 4.94. The van der Waals surface area contributed by atoms with Crippen LogP contribution in [0.15, 0.2) is 58.2 Å². The van der Waals surface area contributed by atoms with Gasteiger partial charge in [-0.25, -0.2) is 8.42 Å². The molecule has 2 heterocycles. The minimum Gasteiger partial charge on any atom is -0.332 e. The minimum absolute atomic E-state index is 0.00266. The molecule has 0 bridgehead atoms. The number of thiophene rings is 1. The highest BCUT2D eigenvalue weighted by Crippen LogP contribution is 2.15. The lowest BCUT2D eigenvalue weighted by Gasteiger charge is -2.22. The first-order valence-corrected chi connectivity index (χ1v) is 11.3. The van der Waals surface area contributed by atoms with Crippen molar-refractivity contribution >= 4 is 27.3 Å². The maximum Gasteiger partial charge on any atom is 0.251 e. The van der Waals surface area contributed by atoms with E-state index in [1.165, 1.54) is 34.0 Å². The second-order valence-electron chi connectivity index (χ2n) is 6.06. The Bertz CT molecular complexity index is 961. The zero-order valence-electron chi connectivity index (χ0n) is 16.1. The Hall–Kier alpha value is -2.23. The summed E-state index contributed by atoms with van der Waals surface area (Å²) in [6, 6.07) is 6.30. The Kier molecular flexibility index (Phi) is 7.73. The summed E-state index contributed by atoms with van der Waals surface area (Å²) in [5.74, 6) is -0.284. The van der Waals surface area contributed by atoms with Crippen molar-refractivity contribution in [3.05, 3.63) is 63.7 Å². The Balaban J connectivity index is 2.28.